The lowest BCUT2D eigenvalue weighted by molar-refractivity contribution is -0.130. The Bertz CT molecular complexity index is 956. The van der Waals surface area contributed by atoms with Gasteiger partial charge in [-0.1, -0.05) is 0 Å². The Morgan fingerprint density at radius 3 is 2.57 bits per heavy atom. The number of sulfonamides is 1. The molecule has 3 rings (SSSR count). The van der Waals surface area contributed by atoms with Crippen LogP contribution in [0, 0.1) is 0 Å². The molecular weight excluding hydrogens is 386 g/mol. The third-order valence-corrected chi connectivity index (χ3v) is 6.09. The van der Waals surface area contributed by atoms with Crippen molar-refractivity contribution < 1.29 is 27.5 Å². The van der Waals surface area contributed by atoms with Gasteiger partial charge in [0, 0.05) is 6.04 Å². The molecule has 0 bridgehead atoms. The topological polar surface area (TPSA) is 113 Å². The number of esters is 1. The van der Waals surface area contributed by atoms with Crippen LogP contribution in [-0.4, -0.2) is 62.2 Å². The molecule has 3 amide bonds. The van der Waals surface area contributed by atoms with E-state index in [2.05, 4.69) is 5.32 Å². The first-order valence-electron chi connectivity index (χ1n) is 8.85. The van der Waals surface area contributed by atoms with Crippen molar-refractivity contribution in [2.45, 2.75) is 38.8 Å². The Morgan fingerprint density at radius 1 is 1.32 bits per heavy atom. The van der Waals surface area contributed by atoms with Crippen molar-refractivity contribution in [2.75, 3.05) is 23.7 Å². The number of fused-ring (bicyclic) bond motifs is 1. The van der Waals surface area contributed by atoms with Gasteiger partial charge in [-0.15, -0.1) is 0 Å². The Balaban J connectivity index is 1.65. The number of carbonyl (C=O) groups is 3. The van der Waals surface area contributed by atoms with Crippen LogP contribution in [0.3, 0.4) is 0 Å². The SMILES string of the molecule is CC1Cc2cc(C(=O)OCCN3C(=O)NC(C)(C)C3=O)ccc2N1S(C)(=O)=O. The fraction of sp³-hybridized carbons (Fsp3) is 0.500. The Kier molecular flexibility index (Phi) is 4.86. The van der Waals surface area contributed by atoms with Crippen LogP contribution in [-0.2, 0) is 26.0 Å². The van der Waals surface area contributed by atoms with Crippen molar-refractivity contribution in [2.24, 2.45) is 0 Å². The molecule has 1 saturated heterocycles. The van der Waals surface area contributed by atoms with Crippen molar-refractivity contribution >= 4 is 33.6 Å². The van der Waals surface area contributed by atoms with Crippen LogP contribution in [0.1, 0.15) is 36.7 Å². The number of hydrogen-bond donors (Lipinski definition) is 1. The lowest BCUT2D eigenvalue weighted by Gasteiger charge is -2.21. The zero-order chi connectivity index (χ0) is 20.9. The monoisotopic (exact) mass is 409 g/mol. The van der Waals surface area contributed by atoms with E-state index in [0.717, 1.165) is 16.7 Å². The van der Waals surface area contributed by atoms with Gasteiger partial charge in [0.05, 0.1) is 24.1 Å². The summed E-state index contributed by atoms with van der Waals surface area (Å²) in [4.78, 5) is 37.2. The molecule has 2 aliphatic rings. The Labute approximate surface area is 163 Å². The third-order valence-electron chi connectivity index (χ3n) is 4.82. The quantitative estimate of drug-likeness (QED) is 0.571. The zero-order valence-electron chi connectivity index (χ0n) is 16.2. The number of hydrogen-bond acceptors (Lipinski definition) is 6. The number of nitrogens with one attached hydrogen (secondary N) is 1. The van der Waals surface area contributed by atoms with E-state index < -0.39 is 27.6 Å². The Hall–Kier alpha value is -2.62. The predicted molar refractivity (Wildman–Crippen MR) is 102 cm³/mol. The summed E-state index contributed by atoms with van der Waals surface area (Å²) in [6.45, 7) is 4.84. The van der Waals surface area contributed by atoms with Gasteiger partial charge >= 0.3 is 12.0 Å². The van der Waals surface area contributed by atoms with Gasteiger partial charge in [-0.3, -0.25) is 14.0 Å². The molecule has 0 saturated carbocycles. The fourth-order valence-corrected chi connectivity index (χ4v) is 4.83. The fourth-order valence-electron chi connectivity index (χ4n) is 3.57. The number of ether oxygens (including phenoxy) is 1. The highest BCUT2D eigenvalue weighted by atomic mass is 32.2. The van der Waals surface area contributed by atoms with Crippen molar-refractivity contribution in [3.63, 3.8) is 0 Å². The van der Waals surface area contributed by atoms with Gasteiger partial charge in [-0.2, -0.15) is 0 Å². The first kappa shape index (κ1) is 20.1. The van der Waals surface area contributed by atoms with Gasteiger partial charge in [-0.05, 0) is 51.0 Å². The molecule has 0 aliphatic carbocycles. The second-order valence-electron chi connectivity index (χ2n) is 7.60. The molecule has 1 aromatic rings. The summed E-state index contributed by atoms with van der Waals surface area (Å²) < 4.78 is 30.5. The van der Waals surface area contributed by atoms with Crippen molar-refractivity contribution in [3.8, 4) is 0 Å². The summed E-state index contributed by atoms with van der Waals surface area (Å²) in [6.07, 6.45) is 1.65. The molecule has 28 heavy (non-hydrogen) atoms. The number of rotatable bonds is 5. The third kappa shape index (κ3) is 3.56. The second kappa shape index (κ2) is 6.77. The molecule has 10 heteroatoms. The van der Waals surface area contributed by atoms with Crippen LogP contribution >= 0.6 is 0 Å². The number of benzene rings is 1. The minimum Gasteiger partial charge on any atom is -0.460 e. The van der Waals surface area contributed by atoms with E-state index in [0.29, 0.717) is 17.7 Å². The standard InChI is InChI=1S/C18H23N3O6S/c1-11-9-13-10-12(5-6-14(13)21(11)28(4,25)26)15(22)27-8-7-20-16(23)18(2,3)19-17(20)24/h5-6,10-11H,7-9H2,1-4H3,(H,19,24). The summed E-state index contributed by atoms with van der Waals surface area (Å²) in [5, 5.41) is 2.55. The van der Waals surface area contributed by atoms with Crippen molar-refractivity contribution in [1.29, 1.82) is 0 Å². The number of anilines is 1. The largest absolute Gasteiger partial charge is 0.460 e. The van der Waals surface area contributed by atoms with Gasteiger partial charge in [0.2, 0.25) is 10.0 Å². The maximum absolute atomic E-state index is 12.3. The summed E-state index contributed by atoms with van der Waals surface area (Å²) >= 11 is 0. The van der Waals surface area contributed by atoms with Crippen LogP contribution < -0.4 is 9.62 Å². The van der Waals surface area contributed by atoms with Gasteiger partial charge in [0.25, 0.3) is 5.91 Å². The maximum Gasteiger partial charge on any atom is 0.338 e. The highest BCUT2D eigenvalue weighted by Crippen LogP contribution is 2.34. The average Bonchev–Trinajstić information content (AvgIpc) is 3.00. The normalized spacial score (nSPS) is 20.9. The maximum atomic E-state index is 12.3. The summed E-state index contributed by atoms with van der Waals surface area (Å²) in [6, 6.07) is 3.98. The predicted octanol–water partition coefficient (Wildman–Crippen LogP) is 0.884. The van der Waals surface area contributed by atoms with Gasteiger partial charge in [0.1, 0.15) is 12.1 Å². The Morgan fingerprint density at radius 2 is 2.00 bits per heavy atom. The van der Waals surface area contributed by atoms with Crippen LogP contribution in [0.5, 0.6) is 0 Å². The molecule has 9 nitrogen and oxygen atoms in total. The molecule has 1 N–H and O–H groups in total. The number of nitrogens with zero attached hydrogens (tertiary/aromatic N) is 2. The zero-order valence-corrected chi connectivity index (χ0v) is 17.0. The first-order chi connectivity index (χ1) is 12.9. The summed E-state index contributed by atoms with van der Waals surface area (Å²) in [5.74, 6) is -0.972. The van der Waals surface area contributed by atoms with Crippen molar-refractivity contribution in [3.05, 3.63) is 29.3 Å². The number of amides is 3. The lowest BCUT2D eigenvalue weighted by Crippen LogP contribution is -2.40. The number of urea groups is 1. The molecule has 2 aliphatic heterocycles. The van der Waals surface area contributed by atoms with E-state index >= 15 is 0 Å². The van der Waals surface area contributed by atoms with E-state index in [1.807, 2.05) is 0 Å². The minimum atomic E-state index is -3.40. The van der Waals surface area contributed by atoms with Crippen LogP contribution in [0.2, 0.25) is 0 Å². The van der Waals surface area contributed by atoms with Gasteiger partial charge < -0.3 is 10.1 Å². The molecule has 0 spiro atoms. The molecule has 1 fully saturated rings. The van der Waals surface area contributed by atoms with Crippen LogP contribution in [0.4, 0.5) is 10.5 Å². The molecule has 152 valence electrons. The molecule has 1 aromatic carbocycles. The summed E-state index contributed by atoms with van der Waals surface area (Å²) in [7, 11) is -3.40. The molecule has 0 radical (unpaired) electrons. The first-order valence-corrected chi connectivity index (χ1v) is 10.7. The second-order valence-corrected chi connectivity index (χ2v) is 9.46. The van der Waals surface area contributed by atoms with E-state index in [4.69, 9.17) is 4.74 Å². The van der Waals surface area contributed by atoms with E-state index in [1.54, 1.807) is 32.9 Å². The molecular formula is C18H23N3O6S. The van der Waals surface area contributed by atoms with Crippen LogP contribution in [0.15, 0.2) is 18.2 Å². The van der Waals surface area contributed by atoms with Gasteiger partial charge in [0.15, 0.2) is 0 Å². The van der Waals surface area contributed by atoms with Crippen molar-refractivity contribution in [1.82, 2.24) is 10.2 Å². The average molecular weight is 409 g/mol. The molecule has 1 atom stereocenters. The highest BCUT2D eigenvalue weighted by Gasteiger charge is 2.44. The van der Waals surface area contributed by atoms with E-state index in [9.17, 15) is 22.8 Å². The van der Waals surface area contributed by atoms with E-state index in [-0.39, 0.29) is 25.1 Å². The summed E-state index contributed by atoms with van der Waals surface area (Å²) in [5.41, 5.74) is 0.638. The van der Waals surface area contributed by atoms with E-state index in [1.165, 1.54) is 10.4 Å². The number of imide groups is 1. The molecule has 0 aromatic heterocycles. The highest BCUT2D eigenvalue weighted by molar-refractivity contribution is 7.92. The minimum absolute atomic E-state index is 0.0380. The van der Waals surface area contributed by atoms with Gasteiger partial charge in [-0.25, -0.2) is 18.0 Å². The molecule has 1 unspecified atom stereocenters. The number of carbonyl (C=O) groups excluding carboxylic acids is 3. The molecule has 2 heterocycles. The van der Waals surface area contributed by atoms with Crippen LogP contribution in [0.25, 0.3) is 0 Å². The lowest BCUT2D eigenvalue weighted by atomic mass is 10.1. The smallest absolute Gasteiger partial charge is 0.338 e.